The van der Waals surface area contributed by atoms with E-state index in [0.29, 0.717) is 0 Å². The molecule has 1 saturated carbocycles. The van der Waals surface area contributed by atoms with E-state index in [-0.39, 0.29) is 12.2 Å². The highest BCUT2D eigenvalue weighted by Crippen LogP contribution is 2.22. The number of halogens is 1. The zero-order valence-electron chi connectivity index (χ0n) is 5.22. The molecule has 1 unspecified atom stereocenters. The molecule has 0 spiro atoms. The van der Waals surface area contributed by atoms with Gasteiger partial charge in [-0.1, -0.05) is 12.8 Å². The van der Waals surface area contributed by atoms with Crippen LogP contribution in [0.2, 0.25) is 0 Å². The van der Waals surface area contributed by atoms with Crippen molar-refractivity contribution in [3.8, 4) is 0 Å². The van der Waals surface area contributed by atoms with Crippen molar-refractivity contribution >= 4 is 23.0 Å². The SMILES string of the molecule is OC1CCCC[C@H]1OI. The van der Waals surface area contributed by atoms with Crippen molar-refractivity contribution in [1.82, 2.24) is 0 Å². The molecule has 0 bridgehead atoms. The predicted octanol–water partition coefficient (Wildman–Crippen LogP) is 1.66. The zero-order valence-corrected chi connectivity index (χ0v) is 7.37. The molecule has 0 amide bonds. The topological polar surface area (TPSA) is 29.5 Å². The molecule has 0 saturated heterocycles. The lowest BCUT2D eigenvalue weighted by atomic mass is 9.95. The van der Waals surface area contributed by atoms with Crippen LogP contribution in [0, 0.1) is 0 Å². The fraction of sp³-hybridized carbons (Fsp3) is 1.00. The summed E-state index contributed by atoms with van der Waals surface area (Å²) in [4.78, 5) is 0. The maximum absolute atomic E-state index is 9.24. The maximum Gasteiger partial charge on any atom is 0.110 e. The van der Waals surface area contributed by atoms with Crippen molar-refractivity contribution < 1.29 is 8.17 Å². The van der Waals surface area contributed by atoms with Crippen molar-refractivity contribution in [3.05, 3.63) is 0 Å². The van der Waals surface area contributed by atoms with E-state index in [1.54, 1.807) is 0 Å². The molecular formula is C6H11IO2. The summed E-state index contributed by atoms with van der Waals surface area (Å²) in [7, 11) is 0. The van der Waals surface area contributed by atoms with Gasteiger partial charge in [0.2, 0.25) is 0 Å². The third kappa shape index (κ3) is 2.05. The normalized spacial score (nSPS) is 36.7. The Morgan fingerprint density at radius 3 is 2.44 bits per heavy atom. The molecule has 0 radical (unpaired) electrons. The van der Waals surface area contributed by atoms with Crippen molar-refractivity contribution in [2.75, 3.05) is 0 Å². The van der Waals surface area contributed by atoms with Crippen molar-refractivity contribution in [2.45, 2.75) is 37.9 Å². The molecule has 9 heavy (non-hydrogen) atoms. The second kappa shape index (κ2) is 3.73. The van der Waals surface area contributed by atoms with Crippen LogP contribution in [0.5, 0.6) is 0 Å². The Hall–Kier alpha value is 0.650. The highest BCUT2D eigenvalue weighted by Gasteiger charge is 2.22. The fourth-order valence-corrected chi connectivity index (χ4v) is 1.77. The van der Waals surface area contributed by atoms with Gasteiger partial charge in [0.05, 0.1) is 12.2 Å². The summed E-state index contributed by atoms with van der Waals surface area (Å²) < 4.78 is 5.02. The summed E-state index contributed by atoms with van der Waals surface area (Å²) in [6.45, 7) is 0. The molecule has 1 aliphatic carbocycles. The highest BCUT2D eigenvalue weighted by molar-refractivity contribution is 14.1. The molecule has 1 rings (SSSR count). The summed E-state index contributed by atoms with van der Waals surface area (Å²) in [5, 5.41) is 9.24. The number of hydrogen-bond donors (Lipinski definition) is 1. The molecule has 0 aromatic rings. The van der Waals surface area contributed by atoms with Crippen LogP contribution in [0.3, 0.4) is 0 Å². The lowest BCUT2D eigenvalue weighted by Gasteiger charge is -2.24. The Balaban J connectivity index is 2.30. The van der Waals surface area contributed by atoms with E-state index in [1.165, 1.54) is 6.42 Å². The van der Waals surface area contributed by atoms with Crippen molar-refractivity contribution in [3.63, 3.8) is 0 Å². The molecule has 0 aromatic carbocycles. The van der Waals surface area contributed by atoms with Crippen LogP contribution < -0.4 is 0 Å². The van der Waals surface area contributed by atoms with E-state index in [2.05, 4.69) is 0 Å². The fourth-order valence-electron chi connectivity index (χ4n) is 1.18. The molecular weight excluding hydrogens is 231 g/mol. The molecule has 3 heteroatoms. The third-order valence-corrected chi connectivity index (χ3v) is 2.44. The summed E-state index contributed by atoms with van der Waals surface area (Å²) in [5.74, 6) is 0. The lowest BCUT2D eigenvalue weighted by Crippen LogP contribution is -2.29. The first-order valence-electron chi connectivity index (χ1n) is 3.30. The van der Waals surface area contributed by atoms with Crippen LogP contribution in [-0.4, -0.2) is 17.3 Å². The van der Waals surface area contributed by atoms with Crippen LogP contribution in [0.4, 0.5) is 0 Å². The van der Waals surface area contributed by atoms with Crippen LogP contribution in [-0.2, 0) is 3.07 Å². The minimum absolute atomic E-state index is 0.0966. The average molecular weight is 242 g/mol. The minimum atomic E-state index is -0.212. The Morgan fingerprint density at radius 1 is 1.33 bits per heavy atom. The van der Waals surface area contributed by atoms with E-state index < -0.39 is 0 Å². The quantitative estimate of drug-likeness (QED) is 0.708. The molecule has 0 heterocycles. The smallest absolute Gasteiger partial charge is 0.110 e. The van der Waals surface area contributed by atoms with E-state index in [1.807, 2.05) is 23.0 Å². The van der Waals surface area contributed by atoms with E-state index >= 15 is 0 Å². The van der Waals surface area contributed by atoms with Gasteiger partial charge in [-0.2, -0.15) is 0 Å². The van der Waals surface area contributed by atoms with Crippen molar-refractivity contribution in [1.29, 1.82) is 0 Å². The highest BCUT2D eigenvalue weighted by atomic mass is 127. The number of hydrogen-bond acceptors (Lipinski definition) is 2. The van der Waals surface area contributed by atoms with Gasteiger partial charge in [0.1, 0.15) is 23.0 Å². The third-order valence-electron chi connectivity index (χ3n) is 1.78. The summed E-state index contributed by atoms with van der Waals surface area (Å²) in [6.07, 6.45) is 4.16. The molecule has 1 fully saturated rings. The second-order valence-corrected chi connectivity index (χ2v) is 2.99. The number of rotatable bonds is 1. The van der Waals surface area contributed by atoms with E-state index in [4.69, 9.17) is 3.07 Å². The summed E-state index contributed by atoms with van der Waals surface area (Å²) >= 11 is 1.86. The summed E-state index contributed by atoms with van der Waals surface area (Å²) in [5.41, 5.74) is 0. The first-order valence-corrected chi connectivity index (χ1v) is 4.18. The van der Waals surface area contributed by atoms with Gasteiger partial charge in [-0.25, -0.2) is 0 Å². The largest absolute Gasteiger partial charge is 0.390 e. The van der Waals surface area contributed by atoms with Gasteiger partial charge in [-0.3, -0.25) is 0 Å². The first-order chi connectivity index (χ1) is 4.34. The monoisotopic (exact) mass is 242 g/mol. The Kier molecular flexibility index (Phi) is 3.21. The van der Waals surface area contributed by atoms with Gasteiger partial charge >= 0.3 is 0 Å². The summed E-state index contributed by atoms with van der Waals surface area (Å²) in [6, 6.07) is 0. The Labute approximate surface area is 69.3 Å². The van der Waals surface area contributed by atoms with Gasteiger partial charge in [0.15, 0.2) is 0 Å². The van der Waals surface area contributed by atoms with Crippen molar-refractivity contribution in [2.24, 2.45) is 0 Å². The predicted molar refractivity (Wildman–Crippen MR) is 43.4 cm³/mol. The Bertz CT molecular complexity index is 87.1. The Morgan fingerprint density at radius 2 is 2.00 bits per heavy atom. The standard InChI is InChI=1S/C6H11IO2/c7-9-6-4-2-1-3-5(6)8/h5-6,8H,1-4H2/t5?,6-/m1/s1. The molecule has 0 aliphatic heterocycles. The van der Waals surface area contributed by atoms with Gasteiger partial charge in [0, 0.05) is 0 Å². The lowest BCUT2D eigenvalue weighted by molar-refractivity contribution is 0.0302. The van der Waals surface area contributed by atoms with Gasteiger partial charge in [-0.05, 0) is 12.8 Å². The van der Waals surface area contributed by atoms with Gasteiger partial charge < -0.3 is 8.17 Å². The van der Waals surface area contributed by atoms with Crippen LogP contribution in [0.25, 0.3) is 0 Å². The van der Waals surface area contributed by atoms with E-state index in [9.17, 15) is 5.11 Å². The van der Waals surface area contributed by atoms with Gasteiger partial charge in [-0.15, -0.1) is 0 Å². The number of aliphatic hydroxyl groups is 1. The molecule has 1 N–H and O–H groups in total. The van der Waals surface area contributed by atoms with Crippen LogP contribution >= 0.6 is 23.0 Å². The van der Waals surface area contributed by atoms with Crippen LogP contribution in [0.15, 0.2) is 0 Å². The second-order valence-electron chi connectivity index (χ2n) is 2.48. The maximum atomic E-state index is 9.24. The van der Waals surface area contributed by atoms with E-state index in [0.717, 1.165) is 19.3 Å². The van der Waals surface area contributed by atoms with Crippen LogP contribution in [0.1, 0.15) is 25.7 Å². The average Bonchev–Trinajstić information content (AvgIpc) is 1.89. The number of aliphatic hydroxyl groups excluding tert-OH is 1. The molecule has 0 aromatic heterocycles. The first kappa shape index (κ1) is 7.75. The molecule has 54 valence electrons. The molecule has 2 atom stereocenters. The van der Waals surface area contributed by atoms with Gasteiger partial charge in [0.25, 0.3) is 0 Å². The molecule has 1 aliphatic rings. The minimum Gasteiger partial charge on any atom is -0.390 e. The molecule has 2 nitrogen and oxygen atoms in total. The zero-order chi connectivity index (χ0) is 6.69.